The molecular formula is C28H27N3O5. The first kappa shape index (κ1) is 22.4. The molecule has 1 N–H and O–H groups in total. The number of nitrogens with zero attached hydrogens (tertiary/aromatic N) is 2. The number of carbonyl (C=O) groups is 2. The van der Waals surface area contributed by atoms with Crippen molar-refractivity contribution in [1.29, 1.82) is 0 Å². The van der Waals surface area contributed by atoms with Crippen molar-refractivity contribution in [3.63, 3.8) is 0 Å². The van der Waals surface area contributed by atoms with Crippen molar-refractivity contribution in [1.82, 2.24) is 9.88 Å². The summed E-state index contributed by atoms with van der Waals surface area (Å²) in [6, 6.07) is 12.8. The SMILES string of the molecule is COc1ccc(N2Cc3ccc(CN4Cc5c[nH]c(=O)cc5C4=O)cc3C2=O)cc1OC1CCCC1. The van der Waals surface area contributed by atoms with Gasteiger partial charge in [0.25, 0.3) is 11.8 Å². The van der Waals surface area contributed by atoms with E-state index in [1.165, 1.54) is 18.9 Å². The quantitative estimate of drug-likeness (QED) is 0.569. The molecule has 2 aliphatic heterocycles. The van der Waals surface area contributed by atoms with E-state index in [4.69, 9.17) is 9.47 Å². The molecule has 1 aliphatic carbocycles. The van der Waals surface area contributed by atoms with Gasteiger partial charge in [-0.15, -0.1) is 0 Å². The molecule has 8 nitrogen and oxygen atoms in total. The van der Waals surface area contributed by atoms with Crippen molar-refractivity contribution in [2.75, 3.05) is 12.0 Å². The van der Waals surface area contributed by atoms with E-state index < -0.39 is 0 Å². The van der Waals surface area contributed by atoms with Gasteiger partial charge in [0.2, 0.25) is 5.56 Å². The molecule has 3 aromatic rings. The molecule has 3 aliphatic rings. The van der Waals surface area contributed by atoms with E-state index in [1.54, 1.807) is 23.1 Å². The summed E-state index contributed by atoms with van der Waals surface area (Å²) in [5.74, 6) is 1.08. The number of hydrogen-bond donors (Lipinski definition) is 1. The lowest BCUT2D eigenvalue weighted by atomic mass is 10.1. The van der Waals surface area contributed by atoms with Gasteiger partial charge in [-0.05, 0) is 55.0 Å². The van der Waals surface area contributed by atoms with Crippen LogP contribution in [0.2, 0.25) is 0 Å². The van der Waals surface area contributed by atoms with Crippen LogP contribution in [0.25, 0.3) is 0 Å². The zero-order valence-corrected chi connectivity index (χ0v) is 20.1. The standard InChI is InChI=1S/C28H27N3O5/c1-35-24-9-8-20(11-25(24)36-21-4-2-3-5-21)31-16-18-7-6-17(10-22(18)28(31)34)14-30-15-19-13-29-26(32)12-23(19)27(30)33/h6-13,21H,2-5,14-16H2,1H3,(H,29,32). The summed E-state index contributed by atoms with van der Waals surface area (Å²) in [5, 5.41) is 0. The summed E-state index contributed by atoms with van der Waals surface area (Å²) >= 11 is 0. The average molecular weight is 486 g/mol. The van der Waals surface area contributed by atoms with Crippen molar-refractivity contribution >= 4 is 17.5 Å². The van der Waals surface area contributed by atoms with Gasteiger partial charge in [-0.3, -0.25) is 14.4 Å². The van der Waals surface area contributed by atoms with Crippen LogP contribution in [-0.4, -0.2) is 34.9 Å². The molecule has 0 atom stereocenters. The Morgan fingerprint density at radius 3 is 2.50 bits per heavy atom. The third kappa shape index (κ3) is 3.92. The molecule has 1 aromatic heterocycles. The fraction of sp³-hybridized carbons (Fsp3) is 0.321. The second-order valence-electron chi connectivity index (χ2n) is 9.64. The van der Waals surface area contributed by atoms with Gasteiger partial charge in [0.05, 0.1) is 25.3 Å². The molecule has 36 heavy (non-hydrogen) atoms. The highest BCUT2D eigenvalue weighted by Gasteiger charge is 2.31. The second-order valence-corrected chi connectivity index (χ2v) is 9.64. The Kier molecular flexibility index (Phi) is 5.51. The Hall–Kier alpha value is -4.07. The summed E-state index contributed by atoms with van der Waals surface area (Å²) in [6.45, 7) is 1.27. The molecule has 8 heteroatoms. The molecule has 0 spiro atoms. The van der Waals surface area contributed by atoms with E-state index in [0.29, 0.717) is 42.3 Å². The zero-order chi connectivity index (χ0) is 24.8. The minimum atomic E-state index is -0.289. The van der Waals surface area contributed by atoms with Gasteiger partial charge in [-0.1, -0.05) is 12.1 Å². The molecule has 2 aromatic carbocycles. The number of aromatic amines is 1. The molecule has 0 radical (unpaired) electrons. The molecule has 1 fully saturated rings. The molecule has 0 unspecified atom stereocenters. The number of methoxy groups -OCH3 is 1. The molecule has 1 saturated carbocycles. The summed E-state index contributed by atoms with van der Waals surface area (Å²) < 4.78 is 11.7. The molecule has 2 amide bonds. The number of anilines is 1. The number of ether oxygens (including phenoxy) is 2. The Bertz CT molecular complexity index is 1420. The second kappa shape index (κ2) is 8.86. The summed E-state index contributed by atoms with van der Waals surface area (Å²) in [5.41, 5.74) is 4.18. The lowest BCUT2D eigenvalue weighted by Crippen LogP contribution is -2.24. The number of nitrogens with one attached hydrogen (secondary N) is 1. The van der Waals surface area contributed by atoms with Gasteiger partial charge in [0.15, 0.2) is 11.5 Å². The third-order valence-electron chi connectivity index (χ3n) is 7.30. The van der Waals surface area contributed by atoms with Crippen LogP contribution in [-0.2, 0) is 19.6 Å². The van der Waals surface area contributed by atoms with Crippen LogP contribution in [0, 0.1) is 0 Å². The highest BCUT2D eigenvalue weighted by Crippen LogP contribution is 2.38. The fourth-order valence-electron chi connectivity index (χ4n) is 5.39. The number of H-pyrrole nitrogens is 1. The van der Waals surface area contributed by atoms with Crippen LogP contribution in [0.5, 0.6) is 11.5 Å². The van der Waals surface area contributed by atoms with Gasteiger partial charge in [-0.2, -0.15) is 0 Å². The number of rotatable bonds is 6. The Balaban J connectivity index is 1.21. The first-order chi connectivity index (χ1) is 17.5. The minimum absolute atomic E-state index is 0.0783. The third-order valence-corrected chi connectivity index (χ3v) is 7.30. The van der Waals surface area contributed by atoms with Gasteiger partial charge in [0.1, 0.15) is 0 Å². The van der Waals surface area contributed by atoms with Crippen molar-refractivity contribution in [3.8, 4) is 11.5 Å². The minimum Gasteiger partial charge on any atom is -0.493 e. The Labute approximate surface area is 208 Å². The monoisotopic (exact) mass is 485 g/mol. The highest BCUT2D eigenvalue weighted by atomic mass is 16.5. The maximum atomic E-state index is 13.4. The van der Waals surface area contributed by atoms with E-state index in [9.17, 15) is 14.4 Å². The number of amides is 2. The highest BCUT2D eigenvalue weighted by molar-refractivity contribution is 6.10. The maximum absolute atomic E-state index is 13.4. The van der Waals surface area contributed by atoms with E-state index in [0.717, 1.165) is 35.2 Å². The first-order valence-electron chi connectivity index (χ1n) is 12.3. The lowest BCUT2D eigenvalue weighted by molar-refractivity contribution is 0.0766. The molecule has 184 valence electrons. The van der Waals surface area contributed by atoms with E-state index >= 15 is 0 Å². The van der Waals surface area contributed by atoms with Crippen molar-refractivity contribution in [2.45, 2.75) is 51.4 Å². The normalized spacial score (nSPS) is 17.0. The van der Waals surface area contributed by atoms with E-state index in [2.05, 4.69) is 4.98 Å². The molecule has 0 bridgehead atoms. The van der Waals surface area contributed by atoms with Crippen molar-refractivity contribution in [3.05, 3.63) is 86.8 Å². The lowest BCUT2D eigenvalue weighted by Gasteiger charge is -2.20. The van der Waals surface area contributed by atoms with Crippen LogP contribution in [0.15, 0.2) is 53.5 Å². The van der Waals surface area contributed by atoms with Crippen LogP contribution in [0.4, 0.5) is 5.69 Å². The largest absolute Gasteiger partial charge is 0.493 e. The summed E-state index contributed by atoms with van der Waals surface area (Å²) in [6.07, 6.45) is 6.18. The van der Waals surface area contributed by atoms with Crippen molar-refractivity contribution < 1.29 is 19.1 Å². The number of carbonyl (C=O) groups excluding carboxylic acids is 2. The first-order valence-corrected chi connectivity index (χ1v) is 12.3. The smallest absolute Gasteiger partial charge is 0.258 e. The van der Waals surface area contributed by atoms with E-state index in [-0.39, 0.29) is 23.5 Å². The number of fused-ring (bicyclic) bond motifs is 2. The van der Waals surface area contributed by atoms with Gasteiger partial charge < -0.3 is 24.3 Å². The number of pyridine rings is 1. The Morgan fingerprint density at radius 1 is 0.889 bits per heavy atom. The predicted molar refractivity (Wildman–Crippen MR) is 133 cm³/mol. The number of hydrogen-bond acceptors (Lipinski definition) is 5. The van der Waals surface area contributed by atoms with Crippen LogP contribution >= 0.6 is 0 Å². The van der Waals surface area contributed by atoms with Crippen LogP contribution < -0.4 is 19.9 Å². The fourth-order valence-corrected chi connectivity index (χ4v) is 5.39. The van der Waals surface area contributed by atoms with Crippen molar-refractivity contribution in [2.24, 2.45) is 0 Å². The maximum Gasteiger partial charge on any atom is 0.258 e. The summed E-state index contributed by atoms with van der Waals surface area (Å²) in [7, 11) is 1.62. The molecular weight excluding hydrogens is 458 g/mol. The van der Waals surface area contributed by atoms with Crippen LogP contribution in [0.1, 0.15) is 63.1 Å². The van der Waals surface area contributed by atoms with Crippen LogP contribution in [0.3, 0.4) is 0 Å². The van der Waals surface area contributed by atoms with Gasteiger partial charge in [-0.25, -0.2) is 0 Å². The predicted octanol–water partition coefficient (Wildman–Crippen LogP) is 4.02. The van der Waals surface area contributed by atoms with Gasteiger partial charge >= 0.3 is 0 Å². The average Bonchev–Trinajstić information content (AvgIpc) is 3.59. The Morgan fingerprint density at radius 2 is 1.69 bits per heavy atom. The number of aromatic nitrogens is 1. The molecule has 0 saturated heterocycles. The summed E-state index contributed by atoms with van der Waals surface area (Å²) in [4.78, 5) is 43.9. The van der Waals surface area contributed by atoms with Gasteiger partial charge in [0, 0.05) is 48.2 Å². The van der Waals surface area contributed by atoms with E-state index in [1.807, 2.05) is 36.4 Å². The zero-order valence-electron chi connectivity index (χ0n) is 20.1. The molecule has 3 heterocycles. The molecule has 6 rings (SSSR count). The topological polar surface area (TPSA) is 91.9 Å². The number of benzene rings is 2.